The molecule has 1 aromatic carbocycles. The van der Waals surface area contributed by atoms with Crippen molar-refractivity contribution >= 4 is 17.5 Å². The standard InChI is InChI=1S/C24H36N2O9/c25-21-1-3-22(4-2-21)35-20-19-34-18-17-33-16-15-32-14-13-31-12-11-30-10-9-29-8-7-26-23(27)5-6-24(26)28/h1-6H,7-20,25H2. The Hall–Kier alpha value is -2.54. The summed E-state index contributed by atoms with van der Waals surface area (Å²) in [5, 5.41) is 0. The van der Waals surface area contributed by atoms with Crippen LogP contribution in [0.25, 0.3) is 0 Å². The largest absolute Gasteiger partial charge is 0.491 e. The van der Waals surface area contributed by atoms with Crippen molar-refractivity contribution in [2.75, 3.05) is 98.2 Å². The fourth-order valence-corrected chi connectivity index (χ4v) is 2.79. The Morgan fingerprint density at radius 3 is 1.34 bits per heavy atom. The summed E-state index contributed by atoms with van der Waals surface area (Å²) in [6, 6.07) is 7.23. The minimum absolute atomic E-state index is 0.244. The fraction of sp³-hybridized carbons (Fsp3) is 0.583. The average Bonchev–Trinajstić information content (AvgIpc) is 3.18. The first-order chi connectivity index (χ1) is 17.2. The van der Waals surface area contributed by atoms with Crippen molar-refractivity contribution in [3.05, 3.63) is 36.4 Å². The Kier molecular flexibility index (Phi) is 15.4. The normalized spacial score (nSPS) is 13.2. The molecule has 196 valence electrons. The van der Waals surface area contributed by atoms with E-state index in [1.54, 1.807) is 12.1 Å². The second-order valence-electron chi connectivity index (χ2n) is 7.25. The Morgan fingerprint density at radius 1 is 0.543 bits per heavy atom. The van der Waals surface area contributed by atoms with Crippen molar-refractivity contribution in [2.24, 2.45) is 0 Å². The zero-order valence-corrected chi connectivity index (χ0v) is 20.1. The number of nitrogens with two attached hydrogens (primary N) is 1. The van der Waals surface area contributed by atoms with Crippen molar-refractivity contribution in [3.63, 3.8) is 0 Å². The van der Waals surface area contributed by atoms with E-state index < -0.39 is 0 Å². The molecule has 1 aliphatic rings. The van der Waals surface area contributed by atoms with Gasteiger partial charge in [0, 0.05) is 17.8 Å². The first-order valence-electron chi connectivity index (χ1n) is 11.6. The molecule has 0 radical (unpaired) electrons. The third-order valence-electron chi connectivity index (χ3n) is 4.60. The molecular weight excluding hydrogens is 460 g/mol. The van der Waals surface area contributed by atoms with Crippen LogP contribution in [0, 0.1) is 0 Å². The highest BCUT2D eigenvalue weighted by Crippen LogP contribution is 2.12. The molecule has 0 atom stereocenters. The van der Waals surface area contributed by atoms with Gasteiger partial charge in [0.25, 0.3) is 11.8 Å². The molecule has 11 heteroatoms. The number of carbonyl (C=O) groups excluding carboxylic acids is 2. The van der Waals surface area contributed by atoms with Gasteiger partial charge < -0.3 is 38.9 Å². The molecule has 0 saturated carbocycles. The Balaban J connectivity index is 1.21. The van der Waals surface area contributed by atoms with Crippen LogP contribution in [0.15, 0.2) is 36.4 Å². The van der Waals surface area contributed by atoms with Crippen molar-refractivity contribution in [3.8, 4) is 5.75 Å². The van der Waals surface area contributed by atoms with Crippen LogP contribution in [-0.2, 0) is 38.0 Å². The van der Waals surface area contributed by atoms with Gasteiger partial charge in [0.1, 0.15) is 12.4 Å². The lowest BCUT2D eigenvalue weighted by molar-refractivity contribution is -0.137. The van der Waals surface area contributed by atoms with Crippen molar-refractivity contribution in [1.29, 1.82) is 0 Å². The summed E-state index contributed by atoms with van der Waals surface area (Å²) in [5.74, 6) is 0.157. The summed E-state index contributed by atoms with van der Waals surface area (Å²) < 4.78 is 38.0. The summed E-state index contributed by atoms with van der Waals surface area (Å²) in [4.78, 5) is 23.9. The highest BCUT2D eigenvalue weighted by Gasteiger charge is 2.22. The summed E-state index contributed by atoms with van der Waals surface area (Å²) in [7, 11) is 0. The van der Waals surface area contributed by atoms with Crippen LogP contribution in [0.2, 0.25) is 0 Å². The lowest BCUT2D eigenvalue weighted by atomic mass is 10.3. The van der Waals surface area contributed by atoms with Gasteiger partial charge in [-0.1, -0.05) is 0 Å². The van der Waals surface area contributed by atoms with E-state index >= 15 is 0 Å². The molecule has 1 heterocycles. The van der Waals surface area contributed by atoms with Gasteiger partial charge in [-0.3, -0.25) is 14.5 Å². The lowest BCUT2D eigenvalue weighted by Gasteiger charge is -2.13. The van der Waals surface area contributed by atoms with Crippen LogP contribution in [0.3, 0.4) is 0 Å². The number of carbonyl (C=O) groups is 2. The molecular formula is C24H36N2O9. The smallest absolute Gasteiger partial charge is 0.253 e. The van der Waals surface area contributed by atoms with Crippen LogP contribution in [0.5, 0.6) is 5.75 Å². The monoisotopic (exact) mass is 496 g/mol. The molecule has 2 amide bonds. The second kappa shape index (κ2) is 18.7. The number of hydrogen-bond acceptors (Lipinski definition) is 10. The maximum absolute atomic E-state index is 11.4. The molecule has 0 unspecified atom stereocenters. The summed E-state index contributed by atoms with van der Waals surface area (Å²) in [6.45, 7) is 6.11. The molecule has 0 spiro atoms. The van der Waals surface area contributed by atoms with E-state index in [1.165, 1.54) is 12.2 Å². The van der Waals surface area contributed by atoms with Crippen molar-refractivity contribution in [2.45, 2.75) is 0 Å². The molecule has 2 rings (SSSR count). The van der Waals surface area contributed by atoms with Crippen molar-refractivity contribution in [1.82, 2.24) is 4.90 Å². The third-order valence-corrected chi connectivity index (χ3v) is 4.60. The van der Waals surface area contributed by atoms with Gasteiger partial charge in [0.15, 0.2) is 0 Å². The van der Waals surface area contributed by atoms with Gasteiger partial charge in [-0.25, -0.2) is 0 Å². The fourth-order valence-electron chi connectivity index (χ4n) is 2.79. The Bertz CT molecular complexity index is 725. The maximum atomic E-state index is 11.4. The number of hydrogen-bond donors (Lipinski definition) is 1. The van der Waals surface area contributed by atoms with Gasteiger partial charge in [0.2, 0.25) is 0 Å². The lowest BCUT2D eigenvalue weighted by Crippen LogP contribution is -2.33. The van der Waals surface area contributed by atoms with Gasteiger partial charge in [-0.15, -0.1) is 0 Å². The molecule has 0 aromatic heterocycles. The summed E-state index contributed by atoms with van der Waals surface area (Å²) in [5.41, 5.74) is 6.32. The van der Waals surface area contributed by atoms with Crippen molar-refractivity contribution < 1.29 is 42.7 Å². The van der Waals surface area contributed by atoms with Crippen LogP contribution in [-0.4, -0.2) is 109 Å². The number of rotatable bonds is 22. The number of benzene rings is 1. The highest BCUT2D eigenvalue weighted by molar-refractivity contribution is 6.12. The van der Waals surface area contributed by atoms with Crippen LogP contribution in [0.1, 0.15) is 0 Å². The minimum Gasteiger partial charge on any atom is -0.491 e. The van der Waals surface area contributed by atoms with Crippen LogP contribution in [0.4, 0.5) is 5.69 Å². The van der Waals surface area contributed by atoms with Gasteiger partial charge in [-0.05, 0) is 24.3 Å². The first kappa shape index (κ1) is 28.7. The summed E-state index contributed by atoms with van der Waals surface area (Å²) in [6.07, 6.45) is 2.51. The second-order valence-corrected chi connectivity index (χ2v) is 7.25. The van der Waals surface area contributed by atoms with E-state index in [1.807, 2.05) is 12.1 Å². The molecule has 1 aliphatic heterocycles. The number of nitrogens with zero attached hydrogens (tertiary/aromatic N) is 1. The molecule has 1 aromatic rings. The van der Waals surface area contributed by atoms with E-state index in [0.29, 0.717) is 85.0 Å². The van der Waals surface area contributed by atoms with E-state index in [2.05, 4.69) is 0 Å². The Morgan fingerprint density at radius 2 is 0.914 bits per heavy atom. The quantitative estimate of drug-likeness (QED) is 0.139. The Labute approximate surface area is 206 Å². The molecule has 0 aliphatic carbocycles. The topological polar surface area (TPSA) is 128 Å². The van der Waals surface area contributed by atoms with Gasteiger partial charge in [-0.2, -0.15) is 0 Å². The number of amides is 2. The number of nitrogen functional groups attached to an aromatic ring is 1. The van der Waals surface area contributed by atoms with E-state index in [9.17, 15) is 9.59 Å². The molecule has 0 bridgehead atoms. The zero-order chi connectivity index (χ0) is 25.0. The van der Waals surface area contributed by atoms with E-state index in [-0.39, 0.29) is 25.0 Å². The predicted molar refractivity (Wildman–Crippen MR) is 127 cm³/mol. The maximum Gasteiger partial charge on any atom is 0.253 e. The number of ether oxygens (including phenoxy) is 7. The molecule has 2 N–H and O–H groups in total. The van der Waals surface area contributed by atoms with E-state index in [4.69, 9.17) is 38.9 Å². The zero-order valence-electron chi connectivity index (χ0n) is 20.1. The minimum atomic E-state index is -0.304. The summed E-state index contributed by atoms with van der Waals surface area (Å²) >= 11 is 0. The molecule has 35 heavy (non-hydrogen) atoms. The van der Waals surface area contributed by atoms with E-state index in [0.717, 1.165) is 10.6 Å². The van der Waals surface area contributed by atoms with Crippen LogP contribution < -0.4 is 10.5 Å². The SMILES string of the molecule is Nc1ccc(OCCOCCOCCOCCOCCOCCOCCN2C(=O)C=CC2=O)cc1. The molecule has 11 nitrogen and oxygen atoms in total. The molecule has 0 fully saturated rings. The predicted octanol–water partition coefficient (Wildman–Crippen LogP) is 0.672. The van der Waals surface area contributed by atoms with Crippen LogP contribution >= 0.6 is 0 Å². The third kappa shape index (κ3) is 13.8. The highest BCUT2D eigenvalue weighted by atomic mass is 16.6. The number of anilines is 1. The first-order valence-corrected chi connectivity index (χ1v) is 11.6. The number of imide groups is 1. The molecule has 0 saturated heterocycles. The van der Waals surface area contributed by atoms with Gasteiger partial charge >= 0.3 is 0 Å². The average molecular weight is 497 g/mol. The van der Waals surface area contributed by atoms with Gasteiger partial charge in [0.05, 0.1) is 85.8 Å².